The number of carbonyl (C=O) groups is 1. The predicted octanol–water partition coefficient (Wildman–Crippen LogP) is 1.23. The van der Waals surface area contributed by atoms with E-state index in [9.17, 15) is 4.79 Å². The zero-order valence-electron chi connectivity index (χ0n) is 14.1. The maximum atomic E-state index is 12.5. The van der Waals surface area contributed by atoms with Gasteiger partial charge in [-0.3, -0.25) is 9.69 Å². The van der Waals surface area contributed by atoms with Crippen LogP contribution < -0.4 is 0 Å². The standard InChI is InChI=1S/C17H28N4O2/c1-2-15-12-21(13-16(15)20-8-10-23-11-9-20)17(22)4-3-6-19-7-5-18-14-19/h5,7,14-16H,2-4,6,8-13H2,1H3/t15-,16+/m0/s1. The van der Waals surface area contributed by atoms with Gasteiger partial charge in [0.2, 0.25) is 5.91 Å². The molecule has 6 nitrogen and oxygen atoms in total. The van der Waals surface area contributed by atoms with Gasteiger partial charge >= 0.3 is 0 Å². The molecule has 6 heteroatoms. The highest BCUT2D eigenvalue weighted by Crippen LogP contribution is 2.26. The van der Waals surface area contributed by atoms with E-state index in [1.165, 1.54) is 0 Å². The molecule has 0 radical (unpaired) electrons. The summed E-state index contributed by atoms with van der Waals surface area (Å²) in [6.45, 7) is 8.57. The minimum Gasteiger partial charge on any atom is -0.379 e. The molecule has 1 amide bonds. The van der Waals surface area contributed by atoms with Gasteiger partial charge in [-0.05, 0) is 12.3 Å². The van der Waals surface area contributed by atoms with E-state index in [1.54, 1.807) is 6.20 Å². The van der Waals surface area contributed by atoms with Crippen LogP contribution in [0.5, 0.6) is 0 Å². The van der Waals surface area contributed by atoms with Crippen molar-refractivity contribution in [2.24, 2.45) is 5.92 Å². The molecule has 2 fully saturated rings. The molecular weight excluding hydrogens is 292 g/mol. The molecule has 2 saturated heterocycles. The summed E-state index contributed by atoms with van der Waals surface area (Å²) < 4.78 is 7.49. The van der Waals surface area contributed by atoms with Crippen LogP contribution >= 0.6 is 0 Å². The van der Waals surface area contributed by atoms with Crippen LogP contribution in [0.25, 0.3) is 0 Å². The molecule has 2 aliphatic heterocycles. The quantitative estimate of drug-likeness (QED) is 0.791. The Morgan fingerprint density at radius 3 is 2.83 bits per heavy atom. The number of aromatic nitrogens is 2. The number of likely N-dealkylation sites (tertiary alicyclic amines) is 1. The van der Waals surface area contributed by atoms with Gasteiger partial charge < -0.3 is 14.2 Å². The first-order valence-electron chi connectivity index (χ1n) is 8.83. The van der Waals surface area contributed by atoms with Crippen molar-refractivity contribution in [3.05, 3.63) is 18.7 Å². The van der Waals surface area contributed by atoms with E-state index in [0.29, 0.717) is 24.3 Å². The summed E-state index contributed by atoms with van der Waals surface area (Å²) in [5.41, 5.74) is 0. The van der Waals surface area contributed by atoms with E-state index in [-0.39, 0.29) is 0 Å². The summed E-state index contributed by atoms with van der Waals surface area (Å²) in [5.74, 6) is 0.907. The third-order valence-corrected chi connectivity index (χ3v) is 5.16. The molecule has 1 aromatic heterocycles. The number of amides is 1. The average Bonchev–Trinajstić information content (AvgIpc) is 3.25. The van der Waals surface area contributed by atoms with Gasteiger partial charge in [0.15, 0.2) is 0 Å². The number of ether oxygens (including phenoxy) is 1. The van der Waals surface area contributed by atoms with Gasteiger partial charge in [0.05, 0.1) is 19.5 Å². The van der Waals surface area contributed by atoms with Gasteiger partial charge in [-0.15, -0.1) is 0 Å². The molecule has 2 atom stereocenters. The molecule has 3 heterocycles. The minimum absolute atomic E-state index is 0.305. The first-order valence-corrected chi connectivity index (χ1v) is 8.83. The molecule has 0 bridgehead atoms. The lowest BCUT2D eigenvalue weighted by Gasteiger charge is -2.34. The van der Waals surface area contributed by atoms with Crippen LogP contribution in [0.15, 0.2) is 18.7 Å². The number of morpholine rings is 1. The third-order valence-electron chi connectivity index (χ3n) is 5.16. The second kappa shape index (κ2) is 7.93. The molecule has 0 aromatic carbocycles. The maximum absolute atomic E-state index is 12.5. The third kappa shape index (κ3) is 4.12. The average molecular weight is 320 g/mol. The van der Waals surface area contributed by atoms with Gasteiger partial charge in [0.1, 0.15) is 0 Å². The van der Waals surface area contributed by atoms with Crippen LogP contribution in [0.4, 0.5) is 0 Å². The SMILES string of the molecule is CC[C@H]1CN(C(=O)CCCn2ccnc2)C[C@H]1N1CCOCC1. The molecule has 3 rings (SSSR count). The van der Waals surface area contributed by atoms with Crippen molar-refractivity contribution in [2.75, 3.05) is 39.4 Å². The maximum Gasteiger partial charge on any atom is 0.222 e. The van der Waals surface area contributed by atoms with Crippen molar-refractivity contribution in [1.82, 2.24) is 19.4 Å². The monoisotopic (exact) mass is 320 g/mol. The zero-order valence-corrected chi connectivity index (χ0v) is 14.1. The molecule has 0 aliphatic carbocycles. The van der Waals surface area contributed by atoms with Gasteiger partial charge in [-0.1, -0.05) is 13.3 Å². The molecule has 0 unspecified atom stereocenters. The molecule has 1 aromatic rings. The van der Waals surface area contributed by atoms with Crippen LogP contribution in [0.2, 0.25) is 0 Å². The van der Waals surface area contributed by atoms with Crippen LogP contribution in [0.3, 0.4) is 0 Å². The molecule has 0 spiro atoms. The second-order valence-electron chi connectivity index (χ2n) is 6.59. The lowest BCUT2D eigenvalue weighted by molar-refractivity contribution is -0.130. The summed E-state index contributed by atoms with van der Waals surface area (Å²) in [7, 11) is 0. The van der Waals surface area contributed by atoms with Crippen LogP contribution in [0, 0.1) is 5.92 Å². The Balaban J connectivity index is 1.48. The highest BCUT2D eigenvalue weighted by molar-refractivity contribution is 5.76. The van der Waals surface area contributed by atoms with Gasteiger partial charge in [-0.2, -0.15) is 0 Å². The normalized spacial score (nSPS) is 25.9. The molecule has 2 aliphatic rings. The second-order valence-corrected chi connectivity index (χ2v) is 6.59. The van der Waals surface area contributed by atoms with Crippen LogP contribution in [-0.2, 0) is 16.1 Å². The number of carbonyl (C=O) groups excluding carboxylic acids is 1. The van der Waals surface area contributed by atoms with Gasteiger partial charge in [-0.25, -0.2) is 4.98 Å². The zero-order chi connectivity index (χ0) is 16.1. The number of imidazole rings is 1. The molecule has 128 valence electrons. The molecule has 0 N–H and O–H groups in total. The Bertz CT molecular complexity index is 485. The Morgan fingerprint density at radius 2 is 2.13 bits per heavy atom. The Labute approximate surface area is 138 Å². The Hall–Kier alpha value is -1.40. The smallest absolute Gasteiger partial charge is 0.222 e. The largest absolute Gasteiger partial charge is 0.379 e. The fourth-order valence-corrected chi connectivity index (χ4v) is 3.77. The fourth-order valence-electron chi connectivity index (χ4n) is 3.77. The highest BCUT2D eigenvalue weighted by Gasteiger charge is 2.37. The van der Waals surface area contributed by atoms with Crippen LogP contribution in [-0.4, -0.2) is 70.7 Å². The number of nitrogens with zero attached hydrogens (tertiary/aromatic N) is 4. The van der Waals surface area contributed by atoms with Crippen molar-refractivity contribution >= 4 is 5.91 Å². The first-order chi connectivity index (χ1) is 11.3. The highest BCUT2D eigenvalue weighted by atomic mass is 16.5. The predicted molar refractivity (Wildman–Crippen MR) is 88.0 cm³/mol. The van der Waals surface area contributed by atoms with Gasteiger partial charge in [0, 0.05) is 57.6 Å². The van der Waals surface area contributed by atoms with Crippen molar-refractivity contribution in [1.29, 1.82) is 0 Å². The number of rotatable bonds is 6. The van der Waals surface area contributed by atoms with Crippen molar-refractivity contribution in [3.63, 3.8) is 0 Å². The fraction of sp³-hybridized carbons (Fsp3) is 0.765. The van der Waals surface area contributed by atoms with E-state index in [1.807, 2.05) is 17.1 Å². The summed E-state index contributed by atoms with van der Waals surface area (Å²) in [6, 6.07) is 0.515. The first kappa shape index (κ1) is 16.5. The minimum atomic E-state index is 0.305. The molecule has 23 heavy (non-hydrogen) atoms. The Kier molecular flexibility index (Phi) is 5.67. The molecule has 0 saturated carbocycles. The van der Waals surface area contributed by atoms with Gasteiger partial charge in [0.25, 0.3) is 0 Å². The number of aryl methyl sites for hydroxylation is 1. The van der Waals surface area contributed by atoms with E-state index in [4.69, 9.17) is 4.74 Å². The van der Waals surface area contributed by atoms with E-state index < -0.39 is 0 Å². The number of hydrogen-bond acceptors (Lipinski definition) is 4. The summed E-state index contributed by atoms with van der Waals surface area (Å²) in [4.78, 5) is 21.2. The number of hydrogen-bond donors (Lipinski definition) is 0. The summed E-state index contributed by atoms with van der Waals surface area (Å²) in [6.07, 6.45) is 8.18. The summed E-state index contributed by atoms with van der Waals surface area (Å²) >= 11 is 0. The van der Waals surface area contributed by atoms with Crippen molar-refractivity contribution < 1.29 is 9.53 Å². The van der Waals surface area contributed by atoms with Crippen molar-refractivity contribution in [3.8, 4) is 0 Å². The topological polar surface area (TPSA) is 50.6 Å². The lowest BCUT2D eigenvalue weighted by Crippen LogP contribution is -2.47. The summed E-state index contributed by atoms with van der Waals surface area (Å²) in [5, 5.41) is 0. The van der Waals surface area contributed by atoms with Crippen molar-refractivity contribution in [2.45, 2.75) is 38.8 Å². The molecular formula is C17H28N4O2. The van der Waals surface area contributed by atoms with E-state index >= 15 is 0 Å². The van der Waals surface area contributed by atoms with Crippen LogP contribution in [0.1, 0.15) is 26.2 Å². The Morgan fingerprint density at radius 1 is 1.30 bits per heavy atom. The van der Waals surface area contributed by atoms with E-state index in [2.05, 4.69) is 21.7 Å². The van der Waals surface area contributed by atoms with E-state index in [0.717, 1.165) is 58.8 Å². The lowest BCUT2D eigenvalue weighted by atomic mass is 9.99.